The molecule has 1 atom stereocenters. The van der Waals surface area contributed by atoms with Crippen LogP contribution in [0.15, 0.2) is 54.6 Å². The van der Waals surface area contributed by atoms with E-state index < -0.39 is 18.0 Å². The third-order valence-corrected chi connectivity index (χ3v) is 7.75. The van der Waals surface area contributed by atoms with Gasteiger partial charge < -0.3 is 20.5 Å². The predicted molar refractivity (Wildman–Crippen MR) is 134 cm³/mol. The second-order valence-corrected chi connectivity index (χ2v) is 10.5. The highest BCUT2D eigenvalue weighted by Crippen LogP contribution is 2.25. The smallest absolute Gasteiger partial charge is 0.410 e. The van der Waals surface area contributed by atoms with Crippen LogP contribution in [0.4, 0.5) is 4.79 Å². The van der Waals surface area contributed by atoms with E-state index in [1.54, 1.807) is 33.7 Å². The van der Waals surface area contributed by atoms with Crippen molar-refractivity contribution in [2.75, 3.05) is 31.1 Å². The van der Waals surface area contributed by atoms with E-state index in [0.717, 1.165) is 16.9 Å². The van der Waals surface area contributed by atoms with Crippen LogP contribution >= 0.6 is 21.6 Å². The van der Waals surface area contributed by atoms with E-state index in [-0.39, 0.29) is 31.2 Å². The maximum atomic E-state index is 13.7. The van der Waals surface area contributed by atoms with Crippen LogP contribution in [-0.4, -0.2) is 70.0 Å². The highest BCUT2D eigenvalue weighted by molar-refractivity contribution is 8.76. The van der Waals surface area contributed by atoms with E-state index in [2.05, 4.69) is 0 Å². The summed E-state index contributed by atoms with van der Waals surface area (Å²) < 4.78 is 5.59. The van der Waals surface area contributed by atoms with Crippen molar-refractivity contribution in [3.8, 4) is 5.75 Å². The van der Waals surface area contributed by atoms with Gasteiger partial charge >= 0.3 is 6.09 Å². The molecule has 10 heteroatoms. The Morgan fingerprint density at radius 2 is 1.71 bits per heavy atom. The number of benzene rings is 2. The quantitative estimate of drug-likeness (QED) is 0.583. The minimum Gasteiger partial charge on any atom is -0.508 e. The number of hydrogen-bond donors (Lipinski definition) is 2. The van der Waals surface area contributed by atoms with Gasteiger partial charge in [-0.25, -0.2) is 4.79 Å². The number of phenols is 1. The zero-order valence-electron chi connectivity index (χ0n) is 18.8. The number of ether oxygens (including phenoxy) is 1. The Bertz CT molecular complexity index is 959. The third-order valence-electron chi connectivity index (χ3n) is 5.28. The molecule has 0 aliphatic carbocycles. The summed E-state index contributed by atoms with van der Waals surface area (Å²) in [7, 11) is 3.30. The summed E-state index contributed by atoms with van der Waals surface area (Å²) in [6.45, 7) is 0.549. The first-order valence-corrected chi connectivity index (χ1v) is 13.5. The standard InChI is InChI=1S/C24H29N3O5S2/c25-22(29)16-26-12-14-34-33-13-4-11-27(24(31)32-17-19-5-2-1-3-6-19)21(23(26)30)15-18-7-9-20(28)10-8-18/h1-3,5-10,21,28H,4,11-17H2,(H2,25,29). The molecule has 1 heterocycles. The number of carbonyl (C=O) groups excluding carboxylic acids is 3. The van der Waals surface area contributed by atoms with Crippen molar-refractivity contribution in [3.63, 3.8) is 0 Å². The van der Waals surface area contributed by atoms with Gasteiger partial charge in [0.2, 0.25) is 11.8 Å². The zero-order chi connectivity index (χ0) is 24.3. The SMILES string of the molecule is NC(=O)CN1CCSSCCCN(C(=O)OCc2ccccc2)C(Cc2ccc(O)cc2)C1=O. The molecule has 0 bridgehead atoms. The molecule has 3 amide bonds. The molecule has 2 aromatic carbocycles. The molecule has 1 aliphatic heterocycles. The monoisotopic (exact) mass is 503 g/mol. The first-order valence-electron chi connectivity index (χ1n) is 11.0. The molecule has 1 saturated heterocycles. The predicted octanol–water partition coefficient (Wildman–Crippen LogP) is 3.04. The van der Waals surface area contributed by atoms with Crippen LogP contribution in [0.3, 0.4) is 0 Å². The largest absolute Gasteiger partial charge is 0.508 e. The molecule has 182 valence electrons. The first kappa shape index (κ1) is 25.8. The lowest BCUT2D eigenvalue weighted by Gasteiger charge is -2.33. The van der Waals surface area contributed by atoms with Crippen LogP contribution in [0.5, 0.6) is 5.75 Å². The Hall–Kier alpha value is -2.85. The van der Waals surface area contributed by atoms with Gasteiger partial charge in [0.05, 0.1) is 6.54 Å². The number of primary amides is 1. The minimum absolute atomic E-state index is 0.0892. The first-order chi connectivity index (χ1) is 16.4. The topological polar surface area (TPSA) is 113 Å². The lowest BCUT2D eigenvalue weighted by molar-refractivity contribution is -0.139. The van der Waals surface area contributed by atoms with Crippen molar-refractivity contribution in [1.82, 2.24) is 9.80 Å². The number of rotatable bonds is 6. The summed E-state index contributed by atoms with van der Waals surface area (Å²) in [6.07, 6.45) is 0.319. The highest BCUT2D eigenvalue weighted by Gasteiger charge is 2.34. The fraction of sp³-hybridized carbons (Fsp3) is 0.375. The van der Waals surface area contributed by atoms with E-state index in [4.69, 9.17) is 10.5 Å². The molecule has 1 fully saturated rings. The lowest BCUT2D eigenvalue weighted by atomic mass is 10.0. The fourth-order valence-electron chi connectivity index (χ4n) is 3.59. The number of nitrogens with zero attached hydrogens (tertiary/aromatic N) is 2. The summed E-state index contributed by atoms with van der Waals surface area (Å²) in [5.74, 6) is 0.608. The van der Waals surface area contributed by atoms with Crippen LogP contribution < -0.4 is 5.73 Å². The van der Waals surface area contributed by atoms with Gasteiger partial charge in [0.25, 0.3) is 0 Å². The molecule has 0 radical (unpaired) electrons. The van der Waals surface area contributed by atoms with Crippen molar-refractivity contribution in [3.05, 3.63) is 65.7 Å². The number of carbonyl (C=O) groups is 3. The van der Waals surface area contributed by atoms with Crippen LogP contribution in [0.1, 0.15) is 17.5 Å². The summed E-state index contributed by atoms with van der Waals surface area (Å²) in [5, 5.41) is 9.64. The maximum absolute atomic E-state index is 13.7. The Balaban J connectivity index is 1.89. The lowest BCUT2D eigenvalue weighted by Crippen LogP contribution is -2.54. The van der Waals surface area contributed by atoms with Crippen molar-refractivity contribution in [2.24, 2.45) is 5.73 Å². The zero-order valence-corrected chi connectivity index (χ0v) is 20.4. The molecule has 1 unspecified atom stereocenters. The molecule has 0 saturated carbocycles. The van der Waals surface area contributed by atoms with Crippen molar-refractivity contribution in [1.29, 1.82) is 0 Å². The van der Waals surface area contributed by atoms with Gasteiger partial charge in [-0.3, -0.25) is 14.5 Å². The minimum atomic E-state index is -0.875. The van der Waals surface area contributed by atoms with Gasteiger partial charge in [0.15, 0.2) is 0 Å². The summed E-state index contributed by atoms with van der Waals surface area (Å²) in [4.78, 5) is 41.5. The normalized spacial score (nSPS) is 17.6. The van der Waals surface area contributed by atoms with Gasteiger partial charge in [-0.1, -0.05) is 64.1 Å². The number of hydrogen-bond acceptors (Lipinski definition) is 7. The second kappa shape index (κ2) is 13.1. The Labute approximate surface area is 207 Å². The molecular weight excluding hydrogens is 474 g/mol. The van der Waals surface area contributed by atoms with E-state index in [9.17, 15) is 19.5 Å². The van der Waals surface area contributed by atoms with Gasteiger partial charge in [0, 0.05) is 31.0 Å². The average molecular weight is 504 g/mol. The molecular formula is C24H29N3O5S2. The van der Waals surface area contributed by atoms with Gasteiger partial charge in [-0.05, 0) is 29.7 Å². The van der Waals surface area contributed by atoms with Crippen LogP contribution in [-0.2, 0) is 27.4 Å². The molecule has 2 aromatic rings. The molecule has 3 rings (SSSR count). The van der Waals surface area contributed by atoms with Gasteiger partial charge in [-0.15, -0.1) is 0 Å². The van der Waals surface area contributed by atoms with Crippen LogP contribution in [0.25, 0.3) is 0 Å². The van der Waals surface area contributed by atoms with E-state index in [1.165, 1.54) is 21.9 Å². The molecule has 0 aromatic heterocycles. The Morgan fingerprint density at radius 3 is 2.41 bits per heavy atom. The molecule has 0 spiro atoms. The van der Waals surface area contributed by atoms with E-state index in [0.29, 0.717) is 25.3 Å². The van der Waals surface area contributed by atoms with Crippen molar-refractivity contribution < 1.29 is 24.2 Å². The Morgan fingerprint density at radius 1 is 1.00 bits per heavy atom. The number of aromatic hydroxyl groups is 1. The number of nitrogens with two attached hydrogens (primary N) is 1. The van der Waals surface area contributed by atoms with Crippen molar-refractivity contribution in [2.45, 2.75) is 25.5 Å². The average Bonchev–Trinajstić information content (AvgIpc) is 2.86. The Kier molecular flexibility index (Phi) is 9.96. The van der Waals surface area contributed by atoms with Crippen LogP contribution in [0, 0.1) is 0 Å². The number of amides is 3. The molecule has 3 N–H and O–H groups in total. The van der Waals surface area contributed by atoms with E-state index in [1.807, 2.05) is 30.3 Å². The summed E-state index contributed by atoms with van der Waals surface area (Å²) in [6, 6.07) is 15.0. The van der Waals surface area contributed by atoms with Crippen molar-refractivity contribution >= 4 is 39.5 Å². The van der Waals surface area contributed by atoms with Gasteiger partial charge in [0.1, 0.15) is 18.4 Å². The molecule has 8 nitrogen and oxygen atoms in total. The summed E-state index contributed by atoms with van der Waals surface area (Å²) >= 11 is 0. The number of phenolic OH excluding ortho intramolecular Hbond substituents is 1. The van der Waals surface area contributed by atoms with Gasteiger partial charge in [-0.2, -0.15) is 0 Å². The highest BCUT2D eigenvalue weighted by atomic mass is 33.1. The second-order valence-electron chi connectivity index (χ2n) is 7.84. The van der Waals surface area contributed by atoms with E-state index >= 15 is 0 Å². The van der Waals surface area contributed by atoms with Crippen LogP contribution in [0.2, 0.25) is 0 Å². The molecule has 1 aliphatic rings. The maximum Gasteiger partial charge on any atom is 0.410 e. The fourth-order valence-corrected chi connectivity index (χ4v) is 5.65. The molecule has 34 heavy (non-hydrogen) atoms. The summed E-state index contributed by atoms with van der Waals surface area (Å²) in [5.41, 5.74) is 7.04. The third kappa shape index (κ3) is 7.88.